The minimum atomic E-state index is -0.536. The zero-order valence-electron chi connectivity index (χ0n) is 11.8. The van der Waals surface area contributed by atoms with E-state index in [0.717, 1.165) is 25.7 Å². The van der Waals surface area contributed by atoms with Crippen LogP contribution in [-0.2, 0) is 0 Å². The van der Waals surface area contributed by atoms with E-state index in [1.54, 1.807) is 17.0 Å². The highest BCUT2D eigenvalue weighted by Crippen LogP contribution is 2.29. The van der Waals surface area contributed by atoms with Crippen molar-refractivity contribution in [1.29, 1.82) is 0 Å². The minimum absolute atomic E-state index is 0.0268. The van der Waals surface area contributed by atoms with Crippen LogP contribution in [0.3, 0.4) is 0 Å². The highest BCUT2D eigenvalue weighted by atomic mass is 19.1. The quantitative estimate of drug-likeness (QED) is 0.869. The van der Waals surface area contributed by atoms with E-state index >= 15 is 0 Å². The summed E-state index contributed by atoms with van der Waals surface area (Å²) in [7, 11) is 1.44. The van der Waals surface area contributed by atoms with E-state index in [1.165, 1.54) is 13.2 Å². The van der Waals surface area contributed by atoms with Crippen molar-refractivity contribution in [2.45, 2.75) is 31.7 Å². The summed E-state index contributed by atoms with van der Waals surface area (Å²) in [6, 6.07) is 4.65. The van der Waals surface area contributed by atoms with Gasteiger partial charge in [-0.15, -0.1) is 0 Å². The van der Waals surface area contributed by atoms with E-state index in [4.69, 9.17) is 10.5 Å². The summed E-state index contributed by atoms with van der Waals surface area (Å²) in [4.78, 5) is 14.4. The number of carbonyl (C=O) groups is 1. The van der Waals surface area contributed by atoms with Gasteiger partial charge < -0.3 is 15.4 Å². The predicted molar refractivity (Wildman–Crippen MR) is 75.3 cm³/mol. The van der Waals surface area contributed by atoms with Gasteiger partial charge in [0.15, 0.2) is 0 Å². The summed E-state index contributed by atoms with van der Waals surface area (Å²) >= 11 is 0. The number of hydrogen-bond acceptors (Lipinski definition) is 3. The zero-order valence-corrected chi connectivity index (χ0v) is 11.8. The van der Waals surface area contributed by atoms with Crippen molar-refractivity contribution in [2.75, 3.05) is 20.2 Å². The molecule has 0 atom stereocenters. The fraction of sp³-hybridized carbons (Fsp3) is 0.533. The molecule has 110 valence electrons. The molecule has 1 aliphatic rings. The first-order chi connectivity index (χ1) is 9.69. The zero-order chi connectivity index (χ0) is 14.5. The molecule has 1 saturated carbocycles. The van der Waals surface area contributed by atoms with Gasteiger partial charge in [0.05, 0.1) is 7.11 Å². The number of benzene rings is 1. The van der Waals surface area contributed by atoms with Crippen molar-refractivity contribution >= 4 is 5.91 Å². The van der Waals surface area contributed by atoms with Crippen molar-refractivity contribution in [3.8, 4) is 5.75 Å². The number of methoxy groups -OCH3 is 1. The number of halogens is 1. The second-order valence-electron chi connectivity index (χ2n) is 5.04. The molecule has 0 unspecified atom stereocenters. The first-order valence-corrected chi connectivity index (χ1v) is 7.02. The van der Waals surface area contributed by atoms with Gasteiger partial charge in [-0.2, -0.15) is 0 Å². The van der Waals surface area contributed by atoms with Gasteiger partial charge in [0.1, 0.15) is 17.1 Å². The van der Waals surface area contributed by atoms with Crippen molar-refractivity contribution < 1.29 is 13.9 Å². The Kier molecular flexibility index (Phi) is 4.95. The summed E-state index contributed by atoms with van der Waals surface area (Å²) in [5.41, 5.74) is 5.55. The Hall–Kier alpha value is -1.62. The molecule has 0 bridgehead atoms. The molecule has 2 N–H and O–H groups in total. The molecule has 0 spiro atoms. The molecule has 20 heavy (non-hydrogen) atoms. The van der Waals surface area contributed by atoms with Crippen molar-refractivity contribution in [3.63, 3.8) is 0 Å². The molecule has 1 aromatic carbocycles. The SMILES string of the molecule is COc1cccc(F)c1C(=O)N(CCCN)C1CCC1. The molecule has 1 fully saturated rings. The maximum Gasteiger partial charge on any atom is 0.260 e. The fourth-order valence-corrected chi connectivity index (χ4v) is 2.44. The highest BCUT2D eigenvalue weighted by molar-refractivity contribution is 5.97. The molecule has 0 aromatic heterocycles. The lowest BCUT2D eigenvalue weighted by Gasteiger charge is -2.38. The summed E-state index contributed by atoms with van der Waals surface area (Å²) < 4.78 is 19.1. The number of nitrogens with zero attached hydrogens (tertiary/aromatic N) is 1. The molecule has 0 radical (unpaired) electrons. The van der Waals surface area contributed by atoms with E-state index < -0.39 is 5.82 Å². The second kappa shape index (κ2) is 6.70. The molecule has 2 rings (SSSR count). The number of carbonyl (C=O) groups excluding carboxylic acids is 1. The van der Waals surface area contributed by atoms with Crippen LogP contribution in [0.2, 0.25) is 0 Å². The molecule has 0 heterocycles. The average molecular weight is 280 g/mol. The van der Waals surface area contributed by atoms with E-state index in [2.05, 4.69) is 0 Å². The van der Waals surface area contributed by atoms with E-state index in [0.29, 0.717) is 13.1 Å². The molecule has 1 aliphatic carbocycles. The molecular weight excluding hydrogens is 259 g/mol. The minimum Gasteiger partial charge on any atom is -0.496 e. The molecule has 0 aliphatic heterocycles. The Bertz CT molecular complexity index is 475. The van der Waals surface area contributed by atoms with Crippen LogP contribution >= 0.6 is 0 Å². The van der Waals surface area contributed by atoms with Gasteiger partial charge in [-0.3, -0.25) is 4.79 Å². The molecule has 4 nitrogen and oxygen atoms in total. The van der Waals surface area contributed by atoms with Crippen LogP contribution in [-0.4, -0.2) is 37.0 Å². The lowest BCUT2D eigenvalue weighted by atomic mass is 9.90. The summed E-state index contributed by atoms with van der Waals surface area (Å²) in [5.74, 6) is -0.545. The number of amides is 1. The first kappa shape index (κ1) is 14.8. The first-order valence-electron chi connectivity index (χ1n) is 7.02. The largest absolute Gasteiger partial charge is 0.496 e. The topological polar surface area (TPSA) is 55.6 Å². The number of rotatable bonds is 6. The van der Waals surface area contributed by atoms with Gasteiger partial charge in [0, 0.05) is 12.6 Å². The van der Waals surface area contributed by atoms with Gasteiger partial charge in [-0.05, 0) is 44.4 Å². The maximum absolute atomic E-state index is 14.0. The van der Waals surface area contributed by atoms with E-state index in [9.17, 15) is 9.18 Å². The Morgan fingerprint density at radius 1 is 1.50 bits per heavy atom. The van der Waals surface area contributed by atoms with Crippen molar-refractivity contribution in [1.82, 2.24) is 4.90 Å². The van der Waals surface area contributed by atoms with Crippen LogP contribution < -0.4 is 10.5 Å². The predicted octanol–water partition coefficient (Wildman–Crippen LogP) is 2.18. The van der Waals surface area contributed by atoms with Crippen LogP contribution in [0.1, 0.15) is 36.0 Å². The highest BCUT2D eigenvalue weighted by Gasteiger charge is 2.31. The normalized spacial score (nSPS) is 14.8. The smallest absolute Gasteiger partial charge is 0.260 e. The van der Waals surface area contributed by atoms with Crippen LogP contribution in [0.15, 0.2) is 18.2 Å². The summed E-state index contributed by atoms with van der Waals surface area (Å²) in [6.07, 6.45) is 3.80. The van der Waals surface area contributed by atoms with Crippen LogP contribution in [0.25, 0.3) is 0 Å². The summed E-state index contributed by atoms with van der Waals surface area (Å²) in [5, 5.41) is 0. The average Bonchev–Trinajstić information content (AvgIpc) is 2.40. The third-order valence-electron chi connectivity index (χ3n) is 3.79. The molecular formula is C15H21FN2O2. The number of nitrogens with two attached hydrogens (primary N) is 1. The van der Waals surface area contributed by atoms with E-state index in [-0.39, 0.29) is 23.3 Å². The third kappa shape index (κ3) is 2.93. The van der Waals surface area contributed by atoms with Crippen LogP contribution in [0.5, 0.6) is 5.75 Å². The lowest BCUT2D eigenvalue weighted by molar-refractivity contribution is 0.0570. The number of hydrogen-bond donors (Lipinski definition) is 1. The van der Waals surface area contributed by atoms with Gasteiger partial charge in [-0.1, -0.05) is 6.07 Å². The Morgan fingerprint density at radius 3 is 2.80 bits per heavy atom. The molecule has 5 heteroatoms. The number of ether oxygens (including phenoxy) is 1. The maximum atomic E-state index is 14.0. The third-order valence-corrected chi connectivity index (χ3v) is 3.79. The molecule has 0 saturated heterocycles. The Labute approximate surface area is 118 Å². The van der Waals surface area contributed by atoms with Crippen LogP contribution in [0, 0.1) is 5.82 Å². The summed E-state index contributed by atoms with van der Waals surface area (Å²) in [6.45, 7) is 1.09. The van der Waals surface area contributed by atoms with Crippen molar-refractivity contribution in [2.24, 2.45) is 5.73 Å². The monoisotopic (exact) mass is 280 g/mol. The van der Waals surface area contributed by atoms with Gasteiger partial charge in [0.25, 0.3) is 5.91 Å². The lowest BCUT2D eigenvalue weighted by Crippen LogP contribution is -2.45. The van der Waals surface area contributed by atoms with Crippen molar-refractivity contribution in [3.05, 3.63) is 29.6 Å². The fourth-order valence-electron chi connectivity index (χ4n) is 2.44. The van der Waals surface area contributed by atoms with E-state index in [1.807, 2.05) is 0 Å². The second-order valence-corrected chi connectivity index (χ2v) is 5.04. The van der Waals surface area contributed by atoms with Gasteiger partial charge >= 0.3 is 0 Å². The molecule has 1 aromatic rings. The van der Waals surface area contributed by atoms with Crippen LogP contribution in [0.4, 0.5) is 4.39 Å². The van der Waals surface area contributed by atoms with Gasteiger partial charge in [-0.25, -0.2) is 4.39 Å². The Morgan fingerprint density at radius 2 is 2.25 bits per heavy atom. The molecule has 1 amide bonds. The standard InChI is InChI=1S/C15H21FN2O2/c1-20-13-8-3-7-12(16)14(13)15(19)18(10-4-9-17)11-5-2-6-11/h3,7-8,11H,2,4-6,9-10,17H2,1H3. The van der Waals surface area contributed by atoms with Gasteiger partial charge in [0.2, 0.25) is 0 Å². The Balaban J connectivity index is 2.26.